The van der Waals surface area contributed by atoms with Crippen LogP contribution < -0.4 is 5.32 Å². The van der Waals surface area contributed by atoms with Gasteiger partial charge in [0.1, 0.15) is 10.8 Å². The summed E-state index contributed by atoms with van der Waals surface area (Å²) >= 11 is 2.56. The highest BCUT2D eigenvalue weighted by atomic mass is 32.2. The van der Waals surface area contributed by atoms with Crippen LogP contribution in [0.1, 0.15) is 0 Å². The number of allylic oxidation sites excluding steroid dienone is 1. The van der Waals surface area contributed by atoms with E-state index in [1.807, 2.05) is 36.4 Å². The molecule has 0 atom stereocenters. The Balaban J connectivity index is 1.43. The third kappa shape index (κ3) is 4.81. The fourth-order valence-electron chi connectivity index (χ4n) is 2.81. The predicted octanol–water partition coefficient (Wildman–Crippen LogP) is 4.09. The molecule has 1 amide bonds. The van der Waals surface area contributed by atoms with Crippen molar-refractivity contribution in [1.82, 2.24) is 25.0 Å². The molecule has 0 saturated carbocycles. The molecular weight excluding hydrogens is 432 g/mol. The molecule has 0 unspecified atom stereocenters. The van der Waals surface area contributed by atoms with Gasteiger partial charge in [-0.3, -0.25) is 14.7 Å². The lowest BCUT2D eigenvalue weighted by molar-refractivity contribution is -0.113. The first-order valence-electron chi connectivity index (χ1n) is 9.29. The number of aromatic hydroxyl groups is 1. The van der Waals surface area contributed by atoms with E-state index in [1.54, 1.807) is 28.8 Å². The van der Waals surface area contributed by atoms with Crippen molar-refractivity contribution in [3.8, 4) is 27.7 Å². The van der Waals surface area contributed by atoms with Gasteiger partial charge in [0, 0.05) is 12.1 Å². The number of thioether (sulfide) groups is 1. The molecule has 4 rings (SSSR count). The number of rotatable bonds is 8. The number of carbonyl (C=O) groups is 1. The highest BCUT2D eigenvalue weighted by molar-refractivity contribution is 7.99. The molecule has 0 bridgehead atoms. The van der Waals surface area contributed by atoms with Crippen molar-refractivity contribution in [3.05, 3.63) is 67.3 Å². The van der Waals surface area contributed by atoms with E-state index >= 15 is 0 Å². The lowest BCUT2D eigenvalue weighted by atomic mass is 10.2. The molecule has 2 heterocycles. The zero-order chi connectivity index (χ0) is 21.6. The quantitative estimate of drug-likeness (QED) is 0.308. The van der Waals surface area contributed by atoms with Crippen molar-refractivity contribution < 1.29 is 9.90 Å². The Morgan fingerprint density at radius 3 is 2.65 bits per heavy atom. The highest BCUT2D eigenvalue weighted by Gasteiger charge is 2.17. The molecule has 156 valence electrons. The lowest BCUT2D eigenvalue weighted by Gasteiger charge is -2.08. The molecule has 0 aliphatic carbocycles. The maximum absolute atomic E-state index is 12.4. The van der Waals surface area contributed by atoms with Crippen molar-refractivity contribution in [3.63, 3.8) is 0 Å². The number of phenolic OH excluding ortho intramolecular Hbond substituents is 1. The van der Waals surface area contributed by atoms with Crippen molar-refractivity contribution in [2.24, 2.45) is 0 Å². The van der Waals surface area contributed by atoms with Gasteiger partial charge in [0.25, 0.3) is 0 Å². The summed E-state index contributed by atoms with van der Waals surface area (Å²) in [4.78, 5) is 12.4. The third-order valence-electron chi connectivity index (χ3n) is 4.20. The van der Waals surface area contributed by atoms with Gasteiger partial charge in [0.2, 0.25) is 11.0 Å². The average molecular weight is 451 g/mol. The first-order chi connectivity index (χ1) is 15.2. The molecule has 10 heteroatoms. The van der Waals surface area contributed by atoms with Crippen molar-refractivity contribution in [1.29, 1.82) is 0 Å². The van der Waals surface area contributed by atoms with Crippen LogP contribution in [0.15, 0.2) is 72.4 Å². The maximum Gasteiger partial charge on any atom is 0.236 e. The summed E-state index contributed by atoms with van der Waals surface area (Å²) in [6.45, 7) is 4.21. The fraction of sp³-hybridized carbons (Fsp3) is 0.0952. The first-order valence-corrected chi connectivity index (χ1v) is 11.1. The SMILES string of the molecule is C=CCn1c(SCC(=O)Nc2nnc(-c3ccccc3)s2)nnc1-c1ccccc1O. The van der Waals surface area contributed by atoms with Gasteiger partial charge in [-0.1, -0.05) is 71.6 Å². The van der Waals surface area contributed by atoms with Crippen LogP contribution in [-0.2, 0) is 11.3 Å². The molecule has 0 radical (unpaired) electrons. The van der Waals surface area contributed by atoms with Crippen LogP contribution >= 0.6 is 23.1 Å². The van der Waals surface area contributed by atoms with Gasteiger partial charge < -0.3 is 5.11 Å². The van der Waals surface area contributed by atoms with Gasteiger partial charge in [0.15, 0.2) is 11.0 Å². The Labute approximate surface area is 186 Å². The van der Waals surface area contributed by atoms with Crippen LogP contribution in [0.5, 0.6) is 5.75 Å². The molecule has 0 saturated heterocycles. The summed E-state index contributed by atoms with van der Waals surface area (Å²) in [5, 5.41) is 31.2. The second-order valence-corrected chi connectivity index (χ2v) is 8.26. The molecule has 0 spiro atoms. The molecule has 2 aromatic heterocycles. The lowest BCUT2D eigenvalue weighted by Crippen LogP contribution is -2.14. The Morgan fingerprint density at radius 2 is 1.87 bits per heavy atom. The molecule has 0 fully saturated rings. The smallest absolute Gasteiger partial charge is 0.236 e. The number of benzene rings is 2. The van der Waals surface area contributed by atoms with E-state index in [0.29, 0.717) is 28.2 Å². The molecule has 2 aromatic carbocycles. The van der Waals surface area contributed by atoms with Crippen LogP contribution in [0.4, 0.5) is 5.13 Å². The van der Waals surface area contributed by atoms with E-state index in [-0.39, 0.29) is 17.4 Å². The average Bonchev–Trinajstić information content (AvgIpc) is 3.41. The Hall–Kier alpha value is -3.50. The molecule has 0 aliphatic heterocycles. The Morgan fingerprint density at radius 1 is 1.10 bits per heavy atom. The first kappa shape index (κ1) is 20.8. The monoisotopic (exact) mass is 450 g/mol. The number of nitrogens with zero attached hydrogens (tertiary/aromatic N) is 5. The Bertz CT molecular complexity index is 1210. The van der Waals surface area contributed by atoms with Crippen molar-refractivity contribution in [2.45, 2.75) is 11.7 Å². The van der Waals surface area contributed by atoms with Crippen molar-refractivity contribution in [2.75, 3.05) is 11.1 Å². The van der Waals surface area contributed by atoms with Gasteiger partial charge >= 0.3 is 0 Å². The largest absolute Gasteiger partial charge is 0.507 e. The molecule has 4 aromatic rings. The number of hydrogen-bond donors (Lipinski definition) is 2. The van der Waals surface area contributed by atoms with Gasteiger partial charge in [-0.05, 0) is 12.1 Å². The number of hydrogen-bond acceptors (Lipinski definition) is 8. The topological polar surface area (TPSA) is 106 Å². The summed E-state index contributed by atoms with van der Waals surface area (Å²) in [6, 6.07) is 16.6. The third-order valence-corrected chi connectivity index (χ3v) is 6.05. The maximum atomic E-state index is 12.4. The van der Waals surface area contributed by atoms with Crippen molar-refractivity contribution >= 4 is 34.1 Å². The van der Waals surface area contributed by atoms with Crippen LogP contribution in [0, 0.1) is 0 Å². The number of amides is 1. The number of anilines is 1. The van der Waals surface area contributed by atoms with Crippen LogP contribution in [0.25, 0.3) is 22.0 Å². The standard InChI is InChI=1S/C21H18N6O2S2/c1-2-12-27-18(15-10-6-7-11-16(15)28)23-26-21(27)30-13-17(29)22-20-25-24-19(31-20)14-8-4-3-5-9-14/h2-11,28H,1,12-13H2,(H,22,25,29). The van der Waals surface area contributed by atoms with E-state index in [0.717, 1.165) is 10.6 Å². The highest BCUT2D eigenvalue weighted by Crippen LogP contribution is 2.30. The molecule has 2 N–H and O–H groups in total. The van der Waals surface area contributed by atoms with E-state index in [2.05, 4.69) is 32.3 Å². The fourth-order valence-corrected chi connectivity index (χ4v) is 4.32. The minimum Gasteiger partial charge on any atom is -0.507 e. The minimum absolute atomic E-state index is 0.111. The van der Waals surface area contributed by atoms with E-state index < -0.39 is 0 Å². The number of aromatic nitrogens is 5. The molecular formula is C21H18N6O2S2. The second-order valence-electron chi connectivity index (χ2n) is 6.34. The predicted molar refractivity (Wildman–Crippen MR) is 122 cm³/mol. The van der Waals surface area contributed by atoms with Crippen LogP contribution in [-0.4, -0.2) is 41.7 Å². The second kappa shape index (κ2) is 9.54. The van der Waals surface area contributed by atoms with E-state index in [1.165, 1.54) is 23.1 Å². The Kier molecular flexibility index (Phi) is 6.39. The summed E-state index contributed by atoms with van der Waals surface area (Å²) < 4.78 is 1.80. The minimum atomic E-state index is -0.224. The van der Waals surface area contributed by atoms with Gasteiger partial charge in [-0.2, -0.15) is 0 Å². The number of carbonyl (C=O) groups excluding carboxylic acids is 1. The molecule has 8 nitrogen and oxygen atoms in total. The number of nitrogens with one attached hydrogen (secondary N) is 1. The van der Waals surface area contributed by atoms with Crippen LogP contribution in [0.2, 0.25) is 0 Å². The van der Waals surface area contributed by atoms with Gasteiger partial charge in [-0.15, -0.1) is 27.0 Å². The van der Waals surface area contributed by atoms with E-state index in [4.69, 9.17) is 0 Å². The zero-order valence-electron chi connectivity index (χ0n) is 16.3. The summed E-state index contributed by atoms with van der Waals surface area (Å²) in [6.07, 6.45) is 1.71. The van der Waals surface area contributed by atoms with E-state index in [9.17, 15) is 9.90 Å². The van der Waals surface area contributed by atoms with Crippen LogP contribution in [0.3, 0.4) is 0 Å². The number of phenols is 1. The normalized spacial score (nSPS) is 10.7. The molecule has 31 heavy (non-hydrogen) atoms. The summed E-state index contributed by atoms with van der Waals surface area (Å²) in [5.41, 5.74) is 1.51. The van der Waals surface area contributed by atoms with Gasteiger partial charge in [0.05, 0.1) is 11.3 Å². The number of para-hydroxylation sites is 1. The summed E-state index contributed by atoms with van der Waals surface area (Å²) in [5.74, 6) is 0.520. The van der Waals surface area contributed by atoms with Gasteiger partial charge in [-0.25, -0.2) is 0 Å². The molecule has 0 aliphatic rings. The zero-order valence-corrected chi connectivity index (χ0v) is 17.9. The summed E-state index contributed by atoms with van der Waals surface area (Å²) in [7, 11) is 0.